The standard InChI is InChI=1S/C9H15N5O3/c1-6(3-8(15)16)12-9(17)14(2)4-7-10-5-11-13-7/h5-6H,3-4H2,1-2H3,(H,12,17)(H,15,16)(H,10,11,13). The van der Waals surface area contributed by atoms with E-state index in [1.165, 1.54) is 11.2 Å². The highest BCUT2D eigenvalue weighted by Gasteiger charge is 2.15. The van der Waals surface area contributed by atoms with Crippen molar-refractivity contribution >= 4 is 12.0 Å². The topological polar surface area (TPSA) is 111 Å². The predicted molar refractivity (Wildman–Crippen MR) is 58.1 cm³/mol. The van der Waals surface area contributed by atoms with Gasteiger partial charge in [-0.25, -0.2) is 9.78 Å². The maximum atomic E-state index is 11.6. The van der Waals surface area contributed by atoms with Gasteiger partial charge in [0.15, 0.2) is 0 Å². The molecule has 1 heterocycles. The normalized spacial score (nSPS) is 11.9. The van der Waals surface area contributed by atoms with Crippen LogP contribution in [0.2, 0.25) is 0 Å². The monoisotopic (exact) mass is 241 g/mol. The molecule has 2 amide bonds. The first-order chi connectivity index (χ1) is 7.99. The molecule has 1 aromatic heterocycles. The van der Waals surface area contributed by atoms with Crippen molar-refractivity contribution in [3.8, 4) is 0 Å². The van der Waals surface area contributed by atoms with Crippen LogP contribution in [-0.4, -0.2) is 50.3 Å². The second-order valence-corrected chi connectivity index (χ2v) is 3.74. The number of hydrogen-bond acceptors (Lipinski definition) is 4. The molecule has 0 saturated carbocycles. The fourth-order valence-electron chi connectivity index (χ4n) is 1.24. The number of aliphatic carboxylic acids is 1. The van der Waals surface area contributed by atoms with Gasteiger partial charge in [-0.2, -0.15) is 5.10 Å². The molecule has 0 aliphatic rings. The number of hydrogen-bond donors (Lipinski definition) is 3. The molecule has 8 nitrogen and oxygen atoms in total. The number of nitrogens with one attached hydrogen (secondary N) is 2. The molecule has 17 heavy (non-hydrogen) atoms. The molecule has 8 heteroatoms. The molecular weight excluding hydrogens is 226 g/mol. The van der Waals surface area contributed by atoms with Crippen LogP contribution >= 0.6 is 0 Å². The highest BCUT2D eigenvalue weighted by atomic mass is 16.4. The first-order valence-electron chi connectivity index (χ1n) is 5.06. The van der Waals surface area contributed by atoms with E-state index in [0.29, 0.717) is 5.82 Å². The first kappa shape index (κ1) is 12.9. The van der Waals surface area contributed by atoms with Gasteiger partial charge in [0.25, 0.3) is 0 Å². The van der Waals surface area contributed by atoms with E-state index in [0.717, 1.165) is 0 Å². The lowest BCUT2D eigenvalue weighted by molar-refractivity contribution is -0.137. The summed E-state index contributed by atoms with van der Waals surface area (Å²) in [5.74, 6) is -0.385. The summed E-state index contributed by atoms with van der Waals surface area (Å²) < 4.78 is 0. The maximum absolute atomic E-state index is 11.6. The Morgan fingerprint density at radius 3 is 2.88 bits per heavy atom. The van der Waals surface area contributed by atoms with Crippen LogP contribution in [0.3, 0.4) is 0 Å². The van der Waals surface area contributed by atoms with E-state index >= 15 is 0 Å². The summed E-state index contributed by atoms with van der Waals surface area (Å²) in [7, 11) is 1.59. The van der Waals surface area contributed by atoms with Crippen LogP contribution in [0.1, 0.15) is 19.2 Å². The zero-order valence-electron chi connectivity index (χ0n) is 9.67. The summed E-state index contributed by atoms with van der Waals surface area (Å²) >= 11 is 0. The van der Waals surface area contributed by atoms with E-state index in [2.05, 4.69) is 20.5 Å². The van der Waals surface area contributed by atoms with Gasteiger partial charge in [-0.1, -0.05) is 0 Å². The van der Waals surface area contributed by atoms with Crippen LogP contribution in [0, 0.1) is 0 Å². The highest BCUT2D eigenvalue weighted by Crippen LogP contribution is 1.97. The number of carbonyl (C=O) groups is 2. The molecule has 3 N–H and O–H groups in total. The number of rotatable bonds is 5. The summed E-state index contributed by atoms with van der Waals surface area (Å²) in [5.41, 5.74) is 0. The average Bonchev–Trinajstić information content (AvgIpc) is 2.68. The van der Waals surface area contributed by atoms with Gasteiger partial charge < -0.3 is 15.3 Å². The van der Waals surface area contributed by atoms with E-state index in [4.69, 9.17) is 5.11 Å². The fraction of sp³-hybridized carbons (Fsp3) is 0.556. The molecule has 0 aliphatic carbocycles. The van der Waals surface area contributed by atoms with E-state index in [1.54, 1.807) is 14.0 Å². The van der Waals surface area contributed by atoms with Crippen molar-refractivity contribution in [2.75, 3.05) is 7.05 Å². The van der Waals surface area contributed by atoms with Gasteiger partial charge >= 0.3 is 12.0 Å². The Balaban J connectivity index is 2.39. The molecule has 1 atom stereocenters. The molecule has 0 radical (unpaired) electrons. The van der Waals surface area contributed by atoms with Gasteiger partial charge in [0.05, 0.1) is 13.0 Å². The quantitative estimate of drug-likeness (QED) is 0.661. The van der Waals surface area contributed by atoms with Crippen LogP contribution in [-0.2, 0) is 11.3 Å². The summed E-state index contributed by atoms with van der Waals surface area (Å²) in [6.07, 6.45) is 1.25. The van der Waals surface area contributed by atoms with Gasteiger partial charge in [0.2, 0.25) is 0 Å². The Bertz CT molecular complexity index is 378. The minimum atomic E-state index is -0.948. The first-order valence-corrected chi connectivity index (χ1v) is 5.06. The number of nitrogens with zero attached hydrogens (tertiary/aromatic N) is 3. The van der Waals surface area contributed by atoms with Crippen molar-refractivity contribution in [1.29, 1.82) is 0 Å². The van der Waals surface area contributed by atoms with Crippen molar-refractivity contribution in [3.63, 3.8) is 0 Å². The molecule has 1 unspecified atom stereocenters. The number of carbonyl (C=O) groups excluding carboxylic acids is 1. The van der Waals surface area contributed by atoms with Crippen LogP contribution in [0.25, 0.3) is 0 Å². The van der Waals surface area contributed by atoms with Crippen molar-refractivity contribution in [3.05, 3.63) is 12.2 Å². The zero-order valence-corrected chi connectivity index (χ0v) is 9.67. The molecule has 1 rings (SSSR count). The lowest BCUT2D eigenvalue weighted by Gasteiger charge is -2.19. The van der Waals surface area contributed by atoms with Crippen molar-refractivity contribution < 1.29 is 14.7 Å². The van der Waals surface area contributed by atoms with Gasteiger partial charge in [0.1, 0.15) is 12.2 Å². The lowest BCUT2D eigenvalue weighted by Crippen LogP contribution is -2.42. The number of carboxylic acids is 1. The van der Waals surface area contributed by atoms with Crippen molar-refractivity contribution in [2.24, 2.45) is 0 Å². The SMILES string of the molecule is CC(CC(=O)O)NC(=O)N(C)Cc1ncn[nH]1. The number of H-pyrrole nitrogens is 1. The van der Waals surface area contributed by atoms with E-state index in [1.807, 2.05) is 0 Å². The number of urea groups is 1. The molecule has 0 bridgehead atoms. The van der Waals surface area contributed by atoms with Gasteiger partial charge in [0, 0.05) is 13.1 Å². The number of carboxylic acid groups (broad SMARTS) is 1. The van der Waals surface area contributed by atoms with E-state index in [-0.39, 0.29) is 19.0 Å². The molecular formula is C9H15N5O3. The second kappa shape index (κ2) is 5.83. The predicted octanol–water partition coefficient (Wildman–Crippen LogP) is -0.191. The Kier molecular flexibility index (Phi) is 4.44. The zero-order chi connectivity index (χ0) is 12.8. The molecule has 0 fully saturated rings. The van der Waals surface area contributed by atoms with E-state index in [9.17, 15) is 9.59 Å². The van der Waals surface area contributed by atoms with Crippen LogP contribution in [0.15, 0.2) is 6.33 Å². The molecule has 0 aliphatic heterocycles. The fourth-order valence-corrected chi connectivity index (χ4v) is 1.24. The summed E-state index contributed by atoms with van der Waals surface area (Å²) in [6.45, 7) is 1.92. The highest BCUT2D eigenvalue weighted by molar-refractivity contribution is 5.75. The Morgan fingerprint density at radius 2 is 2.35 bits per heavy atom. The Labute approximate surface area is 98.0 Å². The third-order valence-corrected chi connectivity index (χ3v) is 2.05. The van der Waals surface area contributed by atoms with Crippen LogP contribution in [0.5, 0.6) is 0 Å². The molecule has 0 spiro atoms. The minimum Gasteiger partial charge on any atom is -0.481 e. The largest absolute Gasteiger partial charge is 0.481 e. The summed E-state index contributed by atoms with van der Waals surface area (Å²) in [4.78, 5) is 27.3. The van der Waals surface area contributed by atoms with Crippen LogP contribution < -0.4 is 5.32 Å². The minimum absolute atomic E-state index is 0.109. The second-order valence-electron chi connectivity index (χ2n) is 3.74. The number of aromatic nitrogens is 3. The lowest BCUT2D eigenvalue weighted by atomic mass is 10.2. The third-order valence-electron chi connectivity index (χ3n) is 2.05. The average molecular weight is 241 g/mol. The number of aromatic amines is 1. The summed E-state index contributed by atoms with van der Waals surface area (Å²) in [5, 5.41) is 17.4. The van der Waals surface area contributed by atoms with Crippen molar-refractivity contribution in [1.82, 2.24) is 25.4 Å². The third kappa shape index (κ3) is 4.49. The van der Waals surface area contributed by atoms with Gasteiger partial charge in [-0.15, -0.1) is 0 Å². The Hall–Kier alpha value is -2.12. The van der Waals surface area contributed by atoms with Crippen LogP contribution in [0.4, 0.5) is 4.79 Å². The Morgan fingerprint density at radius 1 is 1.65 bits per heavy atom. The number of amides is 2. The van der Waals surface area contributed by atoms with Crippen molar-refractivity contribution in [2.45, 2.75) is 25.9 Å². The molecule has 0 aromatic carbocycles. The maximum Gasteiger partial charge on any atom is 0.317 e. The molecule has 94 valence electrons. The van der Waals surface area contributed by atoms with Gasteiger partial charge in [-0.05, 0) is 6.92 Å². The van der Waals surface area contributed by atoms with E-state index < -0.39 is 12.0 Å². The molecule has 1 aromatic rings. The van der Waals surface area contributed by atoms with Gasteiger partial charge in [-0.3, -0.25) is 9.89 Å². The summed E-state index contributed by atoms with van der Waals surface area (Å²) in [6, 6.07) is -0.771. The molecule has 0 saturated heterocycles. The smallest absolute Gasteiger partial charge is 0.317 e.